The van der Waals surface area contributed by atoms with Crippen molar-refractivity contribution >= 4 is 6.09 Å². The van der Waals surface area contributed by atoms with E-state index in [9.17, 15) is 4.79 Å². The Bertz CT molecular complexity index is 139. The number of rotatable bonds is 0. The SMILES string of the molecule is CC1=CCOC(=O)N1. The predicted octanol–water partition coefficient (Wildman–Crippen LogP) is 0.630. The van der Waals surface area contributed by atoms with Gasteiger partial charge in [0, 0.05) is 5.70 Å². The first-order valence-electron chi connectivity index (χ1n) is 2.39. The number of alkyl carbamates (subject to hydrolysis) is 1. The lowest BCUT2D eigenvalue weighted by atomic mass is 10.4. The van der Waals surface area contributed by atoms with E-state index in [2.05, 4.69) is 10.1 Å². The summed E-state index contributed by atoms with van der Waals surface area (Å²) in [6.07, 6.45) is 1.45. The highest BCUT2D eigenvalue weighted by molar-refractivity contribution is 5.70. The van der Waals surface area contributed by atoms with Crippen molar-refractivity contribution in [1.29, 1.82) is 0 Å². The van der Waals surface area contributed by atoms with E-state index in [0.717, 1.165) is 5.70 Å². The Morgan fingerprint density at radius 1 is 1.88 bits per heavy atom. The molecular weight excluding hydrogens is 106 g/mol. The van der Waals surface area contributed by atoms with E-state index in [0.29, 0.717) is 6.61 Å². The van der Waals surface area contributed by atoms with Crippen LogP contribution in [0.5, 0.6) is 0 Å². The van der Waals surface area contributed by atoms with Crippen LogP contribution in [0.4, 0.5) is 4.79 Å². The molecule has 3 heteroatoms. The number of nitrogens with one attached hydrogen (secondary N) is 1. The molecule has 1 aliphatic heterocycles. The van der Waals surface area contributed by atoms with Gasteiger partial charge in [-0.2, -0.15) is 0 Å². The minimum absolute atomic E-state index is 0.356. The van der Waals surface area contributed by atoms with Crippen LogP contribution >= 0.6 is 0 Å². The molecule has 0 aliphatic carbocycles. The molecule has 1 N–H and O–H groups in total. The summed E-state index contributed by atoms with van der Waals surface area (Å²) in [5, 5.41) is 2.48. The molecule has 0 aromatic rings. The van der Waals surface area contributed by atoms with Gasteiger partial charge in [0.2, 0.25) is 0 Å². The number of ether oxygens (including phenoxy) is 1. The number of carbonyl (C=O) groups is 1. The zero-order chi connectivity index (χ0) is 5.98. The Balaban J connectivity index is 2.57. The summed E-state index contributed by atoms with van der Waals surface area (Å²) in [5.74, 6) is 0. The molecule has 0 aromatic heterocycles. The van der Waals surface area contributed by atoms with Gasteiger partial charge in [-0.3, -0.25) is 5.32 Å². The maximum atomic E-state index is 10.3. The second-order valence-electron chi connectivity index (χ2n) is 1.61. The first-order valence-corrected chi connectivity index (χ1v) is 2.39. The normalized spacial score (nSPS) is 18.6. The van der Waals surface area contributed by atoms with Crippen molar-refractivity contribution in [2.75, 3.05) is 6.61 Å². The van der Waals surface area contributed by atoms with E-state index in [1.54, 1.807) is 6.08 Å². The van der Waals surface area contributed by atoms with E-state index >= 15 is 0 Å². The fraction of sp³-hybridized carbons (Fsp3) is 0.400. The lowest BCUT2D eigenvalue weighted by Crippen LogP contribution is -2.26. The van der Waals surface area contributed by atoms with Gasteiger partial charge in [-0.25, -0.2) is 4.79 Å². The van der Waals surface area contributed by atoms with Gasteiger partial charge in [0.25, 0.3) is 0 Å². The third kappa shape index (κ3) is 0.992. The molecular formula is C5H7NO2. The second-order valence-corrected chi connectivity index (χ2v) is 1.61. The second kappa shape index (κ2) is 1.86. The van der Waals surface area contributed by atoms with Crippen LogP contribution < -0.4 is 5.32 Å². The number of amides is 1. The topological polar surface area (TPSA) is 38.3 Å². The molecule has 1 rings (SSSR count). The third-order valence-corrected chi connectivity index (χ3v) is 0.903. The fourth-order valence-corrected chi connectivity index (χ4v) is 0.490. The number of hydrogen-bond acceptors (Lipinski definition) is 2. The molecule has 8 heavy (non-hydrogen) atoms. The van der Waals surface area contributed by atoms with Gasteiger partial charge in [0.15, 0.2) is 0 Å². The van der Waals surface area contributed by atoms with Crippen molar-refractivity contribution in [2.45, 2.75) is 6.92 Å². The Kier molecular flexibility index (Phi) is 1.20. The molecule has 0 aromatic carbocycles. The van der Waals surface area contributed by atoms with Gasteiger partial charge in [-0.1, -0.05) is 0 Å². The highest BCUT2D eigenvalue weighted by atomic mass is 16.5. The molecule has 3 nitrogen and oxygen atoms in total. The van der Waals surface area contributed by atoms with Crippen molar-refractivity contribution < 1.29 is 9.53 Å². The summed E-state index contributed by atoms with van der Waals surface area (Å²) in [6, 6.07) is 0. The van der Waals surface area contributed by atoms with Gasteiger partial charge in [-0.05, 0) is 13.0 Å². The molecule has 0 saturated heterocycles. The van der Waals surface area contributed by atoms with Crippen molar-refractivity contribution in [1.82, 2.24) is 5.32 Å². The monoisotopic (exact) mass is 113 g/mol. The van der Waals surface area contributed by atoms with E-state index in [1.165, 1.54) is 0 Å². The highest BCUT2D eigenvalue weighted by Crippen LogP contribution is 1.94. The largest absolute Gasteiger partial charge is 0.445 e. The first kappa shape index (κ1) is 5.15. The average Bonchev–Trinajstić information content (AvgIpc) is 1.64. The Morgan fingerprint density at radius 3 is 3.00 bits per heavy atom. The summed E-state index contributed by atoms with van der Waals surface area (Å²) in [4.78, 5) is 10.3. The van der Waals surface area contributed by atoms with E-state index < -0.39 is 0 Å². The van der Waals surface area contributed by atoms with Gasteiger partial charge in [0.1, 0.15) is 6.61 Å². The fourth-order valence-electron chi connectivity index (χ4n) is 0.490. The maximum absolute atomic E-state index is 10.3. The molecule has 1 amide bonds. The van der Waals surface area contributed by atoms with Crippen molar-refractivity contribution in [3.05, 3.63) is 11.8 Å². The summed E-state index contributed by atoms with van der Waals surface area (Å²) in [7, 11) is 0. The molecule has 1 aliphatic rings. The van der Waals surface area contributed by atoms with Crippen LogP contribution in [0, 0.1) is 0 Å². The van der Waals surface area contributed by atoms with Crippen LogP contribution in [0.15, 0.2) is 11.8 Å². The molecule has 0 unspecified atom stereocenters. The molecule has 0 spiro atoms. The molecule has 1 heterocycles. The van der Waals surface area contributed by atoms with Gasteiger partial charge in [0.05, 0.1) is 0 Å². The quantitative estimate of drug-likeness (QED) is 0.500. The number of cyclic esters (lactones) is 1. The van der Waals surface area contributed by atoms with E-state index in [4.69, 9.17) is 0 Å². The van der Waals surface area contributed by atoms with Gasteiger partial charge in [-0.15, -0.1) is 0 Å². The molecule has 0 atom stereocenters. The van der Waals surface area contributed by atoms with Crippen LogP contribution in [-0.4, -0.2) is 12.7 Å². The van der Waals surface area contributed by atoms with Crippen LogP contribution in [-0.2, 0) is 4.74 Å². The Morgan fingerprint density at radius 2 is 2.62 bits per heavy atom. The third-order valence-electron chi connectivity index (χ3n) is 0.903. The summed E-state index contributed by atoms with van der Waals surface area (Å²) >= 11 is 0. The molecule has 44 valence electrons. The van der Waals surface area contributed by atoms with Gasteiger partial charge >= 0.3 is 6.09 Å². The summed E-state index contributed by atoms with van der Waals surface area (Å²) in [6.45, 7) is 2.22. The van der Waals surface area contributed by atoms with E-state index in [-0.39, 0.29) is 6.09 Å². The van der Waals surface area contributed by atoms with Crippen LogP contribution in [0.2, 0.25) is 0 Å². The minimum atomic E-state index is -0.356. The number of hydrogen-bond donors (Lipinski definition) is 1. The number of carbonyl (C=O) groups excluding carboxylic acids is 1. The number of allylic oxidation sites excluding steroid dienone is 1. The Labute approximate surface area is 47.3 Å². The zero-order valence-electron chi connectivity index (χ0n) is 4.60. The maximum Gasteiger partial charge on any atom is 0.411 e. The highest BCUT2D eigenvalue weighted by Gasteiger charge is 2.04. The van der Waals surface area contributed by atoms with E-state index in [1.807, 2.05) is 6.92 Å². The minimum Gasteiger partial charge on any atom is -0.445 e. The summed E-state index contributed by atoms with van der Waals surface area (Å²) < 4.78 is 4.52. The van der Waals surface area contributed by atoms with Crippen molar-refractivity contribution in [2.24, 2.45) is 0 Å². The zero-order valence-corrected chi connectivity index (χ0v) is 4.60. The van der Waals surface area contributed by atoms with Crippen LogP contribution in [0.25, 0.3) is 0 Å². The predicted molar refractivity (Wildman–Crippen MR) is 28.2 cm³/mol. The van der Waals surface area contributed by atoms with Crippen LogP contribution in [0.3, 0.4) is 0 Å². The molecule has 0 radical (unpaired) electrons. The molecule has 0 fully saturated rings. The molecule has 0 saturated carbocycles. The van der Waals surface area contributed by atoms with Crippen molar-refractivity contribution in [3.63, 3.8) is 0 Å². The Hall–Kier alpha value is -0.990. The van der Waals surface area contributed by atoms with Crippen LogP contribution in [0.1, 0.15) is 6.92 Å². The van der Waals surface area contributed by atoms with Gasteiger partial charge < -0.3 is 4.74 Å². The lowest BCUT2D eigenvalue weighted by Gasteiger charge is -2.09. The lowest BCUT2D eigenvalue weighted by molar-refractivity contribution is 0.156. The summed E-state index contributed by atoms with van der Waals surface area (Å²) in [5.41, 5.74) is 0.862. The van der Waals surface area contributed by atoms with Crippen molar-refractivity contribution in [3.8, 4) is 0 Å². The standard InChI is InChI=1S/C5H7NO2/c1-4-2-3-8-5(7)6-4/h2H,3H2,1H3,(H,6,7). The molecule has 0 bridgehead atoms. The smallest absolute Gasteiger partial charge is 0.411 e. The average molecular weight is 113 g/mol. The first-order chi connectivity index (χ1) is 3.79.